The molecular weight excluding hydrogens is 325 g/mol. The summed E-state index contributed by atoms with van der Waals surface area (Å²) >= 11 is 2.16. The van der Waals surface area contributed by atoms with Gasteiger partial charge in [-0.05, 0) is 59.5 Å². The number of nitrogens with one attached hydrogen (secondary N) is 1. The maximum absolute atomic E-state index is 11.6. The molecule has 1 aliphatic carbocycles. The van der Waals surface area contributed by atoms with Crippen molar-refractivity contribution >= 4 is 38.3 Å². The van der Waals surface area contributed by atoms with Gasteiger partial charge in [0.15, 0.2) is 0 Å². The van der Waals surface area contributed by atoms with Crippen molar-refractivity contribution in [2.75, 3.05) is 10.5 Å². The zero-order valence-electron chi connectivity index (χ0n) is 8.11. The molecule has 82 valence electrons. The van der Waals surface area contributed by atoms with E-state index in [0.29, 0.717) is 11.6 Å². The van der Waals surface area contributed by atoms with Crippen molar-refractivity contribution in [3.8, 4) is 0 Å². The molecule has 0 bridgehead atoms. The van der Waals surface area contributed by atoms with Crippen LogP contribution in [0, 0.1) is 9.49 Å². The van der Waals surface area contributed by atoms with Gasteiger partial charge in [-0.2, -0.15) is 0 Å². The molecule has 5 heteroatoms. The van der Waals surface area contributed by atoms with Crippen molar-refractivity contribution < 1.29 is 8.42 Å². The van der Waals surface area contributed by atoms with E-state index >= 15 is 0 Å². The van der Waals surface area contributed by atoms with Crippen molar-refractivity contribution in [2.24, 2.45) is 5.92 Å². The summed E-state index contributed by atoms with van der Waals surface area (Å²) in [5.74, 6) is 0.642. The van der Waals surface area contributed by atoms with Gasteiger partial charge in [-0.3, -0.25) is 4.72 Å². The van der Waals surface area contributed by atoms with E-state index in [-0.39, 0.29) is 5.75 Å². The van der Waals surface area contributed by atoms with Crippen molar-refractivity contribution in [1.29, 1.82) is 0 Å². The Morgan fingerprint density at radius 2 is 2.13 bits per heavy atom. The lowest BCUT2D eigenvalue weighted by Crippen LogP contribution is -2.17. The van der Waals surface area contributed by atoms with Crippen LogP contribution in [0.1, 0.15) is 12.8 Å². The number of sulfonamides is 1. The molecule has 15 heavy (non-hydrogen) atoms. The number of rotatable bonds is 4. The van der Waals surface area contributed by atoms with Gasteiger partial charge >= 0.3 is 0 Å². The molecule has 0 spiro atoms. The summed E-state index contributed by atoms with van der Waals surface area (Å²) in [5.41, 5.74) is 0.655. The van der Waals surface area contributed by atoms with Crippen molar-refractivity contribution in [3.05, 3.63) is 27.8 Å². The van der Waals surface area contributed by atoms with Crippen LogP contribution in [-0.4, -0.2) is 14.2 Å². The van der Waals surface area contributed by atoms with Crippen molar-refractivity contribution in [3.63, 3.8) is 0 Å². The maximum Gasteiger partial charge on any atom is 0.232 e. The Bertz CT molecular complexity index is 454. The number of benzene rings is 1. The predicted octanol–water partition coefficient (Wildman–Crippen LogP) is 2.44. The highest BCUT2D eigenvalue weighted by atomic mass is 127. The molecule has 0 unspecified atom stereocenters. The van der Waals surface area contributed by atoms with Gasteiger partial charge in [0.05, 0.1) is 5.75 Å². The van der Waals surface area contributed by atoms with E-state index in [9.17, 15) is 8.42 Å². The molecule has 1 saturated carbocycles. The van der Waals surface area contributed by atoms with Gasteiger partial charge in [0.2, 0.25) is 10.0 Å². The Labute approximate surface area is 103 Å². The third-order valence-electron chi connectivity index (χ3n) is 2.25. The normalized spacial score (nSPS) is 16.3. The second-order valence-electron chi connectivity index (χ2n) is 3.84. The van der Waals surface area contributed by atoms with Gasteiger partial charge in [0.25, 0.3) is 0 Å². The fourth-order valence-corrected chi connectivity index (χ4v) is 3.43. The van der Waals surface area contributed by atoms with E-state index in [0.717, 1.165) is 16.4 Å². The Morgan fingerprint density at radius 1 is 1.40 bits per heavy atom. The number of hydrogen-bond donors (Lipinski definition) is 1. The highest BCUT2D eigenvalue weighted by Crippen LogP contribution is 2.30. The first-order valence-corrected chi connectivity index (χ1v) is 7.54. The van der Waals surface area contributed by atoms with Crippen LogP contribution in [0.3, 0.4) is 0 Å². The fraction of sp³-hybridized carbons (Fsp3) is 0.400. The second-order valence-corrected chi connectivity index (χ2v) is 6.85. The van der Waals surface area contributed by atoms with E-state index in [1.807, 2.05) is 18.2 Å². The van der Waals surface area contributed by atoms with E-state index in [2.05, 4.69) is 27.3 Å². The first-order valence-electron chi connectivity index (χ1n) is 4.81. The summed E-state index contributed by atoms with van der Waals surface area (Å²) in [6.45, 7) is 0. The largest absolute Gasteiger partial charge is 0.284 e. The summed E-state index contributed by atoms with van der Waals surface area (Å²) in [4.78, 5) is 0. The zero-order valence-corrected chi connectivity index (χ0v) is 11.1. The first kappa shape index (κ1) is 11.2. The number of anilines is 1. The molecule has 1 aromatic rings. The molecule has 1 aromatic carbocycles. The van der Waals surface area contributed by atoms with Gasteiger partial charge in [-0.25, -0.2) is 8.42 Å². The number of halogens is 1. The van der Waals surface area contributed by atoms with Crippen LogP contribution in [0.5, 0.6) is 0 Å². The predicted molar refractivity (Wildman–Crippen MR) is 69.3 cm³/mol. The quantitative estimate of drug-likeness (QED) is 0.858. The average Bonchev–Trinajstić information content (AvgIpc) is 2.86. The topological polar surface area (TPSA) is 46.2 Å². The second kappa shape index (κ2) is 4.29. The molecule has 1 fully saturated rings. The minimum absolute atomic E-state index is 0.262. The smallest absolute Gasteiger partial charge is 0.232 e. The molecule has 0 amide bonds. The molecule has 0 saturated heterocycles. The van der Waals surface area contributed by atoms with Crippen LogP contribution < -0.4 is 4.72 Å². The molecule has 1 aliphatic rings. The van der Waals surface area contributed by atoms with Gasteiger partial charge in [0, 0.05) is 9.26 Å². The Balaban J connectivity index is 2.06. The Kier molecular flexibility index (Phi) is 3.20. The first-order chi connectivity index (χ1) is 7.05. The van der Waals surface area contributed by atoms with Gasteiger partial charge < -0.3 is 0 Å². The number of hydrogen-bond acceptors (Lipinski definition) is 2. The van der Waals surface area contributed by atoms with Gasteiger partial charge in [0.1, 0.15) is 0 Å². The highest BCUT2D eigenvalue weighted by molar-refractivity contribution is 14.1. The molecule has 2 rings (SSSR count). The minimum atomic E-state index is -3.14. The maximum atomic E-state index is 11.6. The van der Waals surface area contributed by atoms with E-state index in [1.54, 1.807) is 6.07 Å². The molecule has 3 nitrogen and oxygen atoms in total. The third kappa shape index (κ3) is 3.64. The van der Waals surface area contributed by atoms with Crippen LogP contribution in [-0.2, 0) is 10.0 Å². The van der Waals surface area contributed by atoms with Crippen molar-refractivity contribution in [2.45, 2.75) is 12.8 Å². The lowest BCUT2D eigenvalue weighted by atomic mass is 10.3. The monoisotopic (exact) mass is 337 g/mol. The van der Waals surface area contributed by atoms with E-state index in [1.165, 1.54) is 0 Å². The lowest BCUT2D eigenvalue weighted by Gasteiger charge is -2.07. The highest BCUT2D eigenvalue weighted by Gasteiger charge is 2.27. The van der Waals surface area contributed by atoms with Crippen LogP contribution in [0.4, 0.5) is 5.69 Å². The van der Waals surface area contributed by atoms with E-state index < -0.39 is 10.0 Å². The van der Waals surface area contributed by atoms with Gasteiger partial charge in [-0.15, -0.1) is 0 Å². The summed E-state index contributed by atoms with van der Waals surface area (Å²) in [7, 11) is -3.14. The third-order valence-corrected chi connectivity index (χ3v) is 4.38. The Hall–Kier alpha value is -0.300. The Morgan fingerprint density at radius 3 is 2.73 bits per heavy atom. The zero-order chi connectivity index (χ0) is 10.9. The molecule has 0 atom stereocenters. The lowest BCUT2D eigenvalue weighted by molar-refractivity contribution is 0.597. The average molecular weight is 337 g/mol. The van der Waals surface area contributed by atoms with Crippen molar-refractivity contribution in [1.82, 2.24) is 0 Å². The molecule has 0 aliphatic heterocycles. The fourth-order valence-electron chi connectivity index (χ4n) is 1.37. The summed E-state index contributed by atoms with van der Waals surface area (Å²) in [6, 6.07) is 7.37. The van der Waals surface area contributed by atoms with Crippen LogP contribution in [0.25, 0.3) is 0 Å². The standard InChI is InChI=1S/C10H12INO2S/c11-9-2-1-3-10(6-9)12-15(13,14)7-8-4-5-8/h1-3,6,8,12H,4-5,7H2. The molecule has 1 N–H and O–H groups in total. The van der Waals surface area contributed by atoms with Crippen LogP contribution in [0.2, 0.25) is 0 Å². The molecule has 0 aromatic heterocycles. The van der Waals surface area contributed by atoms with Crippen LogP contribution in [0.15, 0.2) is 24.3 Å². The minimum Gasteiger partial charge on any atom is -0.284 e. The summed E-state index contributed by atoms with van der Waals surface area (Å²) in [6.07, 6.45) is 2.10. The molecule has 0 radical (unpaired) electrons. The summed E-state index contributed by atoms with van der Waals surface area (Å²) in [5, 5.41) is 0. The van der Waals surface area contributed by atoms with E-state index in [4.69, 9.17) is 0 Å². The van der Waals surface area contributed by atoms with Gasteiger partial charge in [-0.1, -0.05) is 6.07 Å². The molecular formula is C10H12INO2S. The van der Waals surface area contributed by atoms with Crippen LogP contribution >= 0.6 is 22.6 Å². The molecule has 0 heterocycles. The SMILES string of the molecule is O=S(=O)(CC1CC1)Nc1cccc(I)c1. The summed E-state index contributed by atoms with van der Waals surface area (Å²) < 4.78 is 26.9.